The van der Waals surface area contributed by atoms with E-state index in [4.69, 9.17) is 20.6 Å². The van der Waals surface area contributed by atoms with Gasteiger partial charge in [0.2, 0.25) is 5.91 Å². The van der Waals surface area contributed by atoms with Crippen molar-refractivity contribution >= 4 is 23.4 Å². The van der Waals surface area contributed by atoms with Crippen molar-refractivity contribution in [2.24, 2.45) is 5.73 Å². The van der Waals surface area contributed by atoms with E-state index in [0.717, 1.165) is 5.56 Å². The van der Waals surface area contributed by atoms with E-state index in [1.807, 2.05) is 36.4 Å². The molecule has 4 rings (SSSR count). The number of nitrogens with one attached hydrogen (secondary N) is 3. The van der Waals surface area contributed by atoms with Gasteiger partial charge < -0.3 is 30.9 Å². The fourth-order valence-corrected chi connectivity index (χ4v) is 4.30. The highest BCUT2D eigenvalue weighted by molar-refractivity contribution is 5.95. The van der Waals surface area contributed by atoms with Gasteiger partial charge in [-0.25, -0.2) is 0 Å². The smallest absolute Gasteiger partial charge is 0.305 e. The van der Waals surface area contributed by atoms with Crippen LogP contribution in [-0.4, -0.2) is 29.9 Å². The first kappa shape index (κ1) is 28.7. The van der Waals surface area contributed by atoms with Crippen molar-refractivity contribution in [3.05, 3.63) is 125 Å². The molecule has 6 N–H and O–H groups in total. The maximum absolute atomic E-state index is 13.8. The molecule has 0 fully saturated rings. The number of carbonyl (C=O) groups excluding carboxylic acids is 1. The van der Waals surface area contributed by atoms with Gasteiger partial charge in [0.05, 0.1) is 19.6 Å². The Kier molecular flexibility index (Phi) is 9.56. The summed E-state index contributed by atoms with van der Waals surface area (Å²) in [5.74, 6) is -0.588. The van der Waals surface area contributed by atoms with E-state index < -0.39 is 24.0 Å². The standard InChI is InChI=1S/C32H32N4O5/c1-40-28-18-24(14-17-27(28)41-20-21-8-4-2-5-9-21)30(35-25-15-12-23(13-16-25)31(33)34)32(39)36-26(19-29(37)38)22-10-6-3-7-11-22/h2-18,26,30,35H,19-20H2,1H3,(H3,33,34)(H,36,39)(H,37,38)/t26-,30+/m1/s1. The number of carboxylic acid groups (broad SMARTS) is 1. The molecule has 0 aliphatic carbocycles. The van der Waals surface area contributed by atoms with Crippen LogP contribution < -0.4 is 25.8 Å². The third kappa shape index (κ3) is 7.86. The number of carboxylic acids is 1. The normalized spacial score (nSPS) is 12.0. The molecule has 0 aliphatic heterocycles. The summed E-state index contributed by atoms with van der Waals surface area (Å²) in [5, 5.41) is 23.3. The monoisotopic (exact) mass is 552 g/mol. The molecule has 4 aromatic rings. The number of methoxy groups -OCH3 is 1. The molecule has 0 aromatic heterocycles. The molecule has 210 valence electrons. The maximum Gasteiger partial charge on any atom is 0.305 e. The molecule has 0 aliphatic rings. The number of carbonyl (C=O) groups is 2. The van der Waals surface area contributed by atoms with Crippen molar-refractivity contribution in [3.8, 4) is 11.5 Å². The first-order chi connectivity index (χ1) is 19.8. The third-order valence-electron chi connectivity index (χ3n) is 6.42. The van der Waals surface area contributed by atoms with Crippen LogP contribution in [0.25, 0.3) is 0 Å². The highest BCUT2D eigenvalue weighted by atomic mass is 16.5. The van der Waals surface area contributed by atoms with Gasteiger partial charge in [0, 0.05) is 11.3 Å². The lowest BCUT2D eigenvalue weighted by atomic mass is 10.0. The molecular weight excluding hydrogens is 520 g/mol. The van der Waals surface area contributed by atoms with Gasteiger partial charge >= 0.3 is 5.97 Å². The Morgan fingerprint density at radius 2 is 1.54 bits per heavy atom. The van der Waals surface area contributed by atoms with Crippen molar-refractivity contribution in [1.29, 1.82) is 5.41 Å². The molecule has 9 nitrogen and oxygen atoms in total. The van der Waals surface area contributed by atoms with E-state index >= 15 is 0 Å². The fraction of sp³-hybridized carbons (Fsp3) is 0.156. The zero-order chi connectivity index (χ0) is 29.2. The maximum atomic E-state index is 13.8. The van der Waals surface area contributed by atoms with Crippen LogP contribution in [-0.2, 0) is 16.2 Å². The topological polar surface area (TPSA) is 147 Å². The first-order valence-corrected chi connectivity index (χ1v) is 13.0. The highest BCUT2D eigenvalue weighted by Gasteiger charge is 2.26. The van der Waals surface area contributed by atoms with E-state index in [1.165, 1.54) is 7.11 Å². The van der Waals surface area contributed by atoms with Crippen LogP contribution in [0.1, 0.15) is 40.8 Å². The second-order valence-electron chi connectivity index (χ2n) is 9.32. The molecule has 0 heterocycles. The Balaban J connectivity index is 1.64. The predicted octanol–water partition coefficient (Wildman–Crippen LogP) is 5.04. The van der Waals surface area contributed by atoms with Gasteiger partial charge in [-0.3, -0.25) is 15.0 Å². The minimum atomic E-state index is -1.04. The van der Waals surface area contributed by atoms with E-state index in [9.17, 15) is 14.7 Å². The van der Waals surface area contributed by atoms with Crippen LogP contribution in [0.2, 0.25) is 0 Å². The Hall–Kier alpha value is -5.31. The van der Waals surface area contributed by atoms with Gasteiger partial charge in [0.1, 0.15) is 18.5 Å². The lowest BCUT2D eigenvalue weighted by Crippen LogP contribution is -2.37. The Morgan fingerprint density at radius 1 is 0.878 bits per heavy atom. The van der Waals surface area contributed by atoms with E-state index in [0.29, 0.717) is 40.5 Å². The van der Waals surface area contributed by atoms with Crippen LogP contribution in [0.3, 0.4) is 0 Å². The van der Waals surface area contributed by atoms with Crippen LogP contribution >= 0.6 is 0 Å². The summed E-state index contributed by atoms with van der Waals surface area (Å²) < 4.78 is 11.6. The van der Waals surface area contributed by atoms with Gasteiger partial charge in [-0.2, -0.15) is 0 Å². The molecule has 0 unspecified atom stereocenters. The van der Waals surface area contributed by atoms with Crippen molar-refractivity contribution in [1.82, 2.24) is 5.32 Å². The molecule has 1 amide bonds. The average molecular weight is 553 g/mol. The summed E-state index contributed by atoms with van der Waals surface area (Å²) >= 11 is 0. The molecule has 9 heteroatoms. The number of amides is 1. The Labute approximate surface area is 238 Å². The number of anilines is 1. The van der Waals surface area contributed by atoms with Gasteiger partial charge in [-0.1, -0.05) is 66.7 Å². The van der Waals surface area contributed by atoms with Gasteiger partial charge in [-0.15, -0.1) is 0 Å². The van der Waals surface area contributed by atoms with Gasteiger partial charge in [-0.05, 0) is 53.1 Å². The largest absolute Gasteiger partial charge is 0.493 e. The quantitative estimate of drug-likeness (QED) is 0.115. The number of aliphatic carboxylic acids is 1. The number of nitrogens with two attached hydrogens (primary N) is 1. The summed E-state index contributed by atoms with van der Waals surface area (Å²) in [5.41, 5.74) is 8.98. The molecule has 2 atom stereocenters. The summed E-state index contributed by atoms with van der Waals surface area (Å²) in [6, 6.07) is 29.0. The summed E-state index contributed by atoms with van der Waals surface area (Å²) in [6.07, 6.45) is -0.286. The number of rotatable bonds is 13. The summed E-state index contributed by atoms with van der Waals surface area (Å²) in [4.78, 5) is 25.4. The highest BCUT2D eigenvalue weighted by Crippen LogP contribution is 2.33. The van der Waals surface area contributed by atoms with Crippen molar-refractivity contribution in [2.75, 3.05) is 12.4 Å². The molecule has 4 aromatic carbocycles. The minimum Gasteiger partial charge on any atom is -0.493 e. The number of hydrogen-bond acceptors (Lipinski definition) is 6. The molecular formula is C32H32N4O5. The molecule has 0 saturated carbocycles. The average Bonchev–Trinajstić information content (AvgIpc) is 2.99. The lowest BCUT2D eigenvalue weighted by molar-refractivity contribution is -0.137. The van der Waals surface area contributed by atoms with Crippen molar-refractivity contribution in [2.45, 2.75) is 25.1 Å². The van der Waals surface area contributed by atoms with E-state index in [1.54, 1.807) is 66.7 Å². The number of amidine groups is 1. The Bertz CT molecular complexity index is 1480. The number of hydrogen-bond donors (Lipinski definition) is 5. The summed E-state index contributed by atoms with van der Waals surface area (Å²) in [6.45, 7) is 0.342. The first-order valence-electron chi connectivity index (χ1n) is 13.0. The lowest BCUT2D eigenvalue weighted by Gasteiger charge is -2.25. The van der Waals surface area contributed by atoms with Crippen LogP contribution in [0.4, 0.5) is 5.69 Å². The van der Waals surface area contributed by atoms with E-state index in [2.05, 4.69) is 10.6 Å². The molecule has 0 bridgehead atoms. The van der Waals surface area contributed by atoms with Crippen molar-refractivity contribution < 1.29 is 24.2 Å². The van der Waals surface area contributed by atoms with Crippen LogP contribution in [0, 0.1) is 5.41 Å². The Morgan fingerprint density at radius 3 is 2.15 bits per heavy atom. The molecule has 0 saturated heterocycles. The van der Waals surface area contributed by atoms with Gasteiger partial charge in [0.25, 0.3) is 0 Å². The third-order valence-corrected chi connectivity index (χ3v) is 6.42. The number of benzene rings is 4. The van der Waals surface area contributed by atoms with Crippen molar-refractivity contribution in [3.63, 3.8) is 0 Å². The zero-order valence-corrected chi connectivity index (χ0v) is 22.5. The zero-order valence-electron chi connectivity index (χ0n) is 22.5. The fourth-order valence-electron chi connectivity index (χ4n) is 4.30. The molecule has 41 heavy (non-hydrogen) atoms. The SMILES string of the molecule is COc1cc([C@H](Nc2ccc(C(=N)N)cc2)C(=O)N[C@H](CC(=O)O)c2ccccc2)ccc1OCc1ccccc1. The van der Waals surface area contributed by atoms with Crippen LogP contribution in [0.15, 0.2) is 103 Å². The predicted molar refractivity (Wildman–Crippen MR) is 157 cm³/mol. The number of nitrogen functional groups attached to an aromatic ring is 1. The van der Waals surface area contributed by atoms with E-state index in [-0.39, 0.29) is 12.3 Å². The second-order valence-corrected chi connectivity index (χ2v) is 9.32. The van der Waals surface area contributed by atoms with Gasteiger partial charge in [0.15, 0.2) is 11.5 Å². The number of ether oxygens (including phenoxy) is 2. The van der Waals surface area contributed by atoms with Crippen LogP contribution in [0.5, 0.6) is 11.5 Å². The molecule has 0 spiro atoms. The molecule has 0 radical (unpaired) electrons. The summed E-state index contributed by atoms with van der Waals surface area (Å²) in [7, 11) is 1.52. The minimum absolute atomic E-state index is 0.0685. The second kappa shape index (κ2) is 13.7.